The molecular formula is C24H21N5O3. The lowest BCUT2D eigenvalue weighted by molar-refractivity contribution is -0.123. The number of hydrogen-bond acceptors (Lipinski definition) is 4. The van der Waals surface area contributed by atoms with E-state index in [1.54, 1.807) is 36.4 Å². The highest BCUT2D eigenvalue weighted by Gasteiger charge is 2.34. The van der Waals surface area contributed by atoms with Crippen molar-refractivity contribution in [3.05, 3.63) is 93.0 Å². The Labute approximate surface area is 184 Å². The number of nitriles is 1. The topological polar surface area (TPSA) is 111 Å². The van der Waals surface area contributed by atoms with Crippen LogP contribution in [0.2, 0.25) is 0 Å². The van der Waals surface area contributed by atoms with E-state index in [0.717, 1.165) is 11.3 Å². The minimum Gasteiger partial charge on any atom is -0.303 e. The maximum Gasteiger partial charge on any atom is 0.329 e. The van der Waals surface area contributed by atoms with Gasteiger partial charge in [-0.15, -0.1) is 0 Å². The molecule has 1 aliphatic rings. The van der Waals surface area contributed by atoms with E-state index in [2.05, 4.69) is 16.5 Å². The minimum absolute atomic E-state index is 0.0260. The van der Waals surface area contributed by atoms with Crippen LogP contribution in [0.5, 0.6) is 0 Å². The predicted octanol–water partition coefficient (Wildman–Crippen LogP) is 3.08. The fourth-order valence-corrected chi connectivity index (χ4v) is 3.64. The van der Waals surface area contributed by atoms with Gasteiger partial charge in [0.15, 0.2) is 0 Å². The number of aromatic amines is 1. The molecule has 2 aromatic carbocycles. The molecule has 0 aliphatic carbocycles. The number of rotatable bonds is 6. The summed E-state index contributed by atoms with van der Waals surface area (Å²) in [4.78, 5) is 39.6. The maximum atomic E-state index is 13.1. The van der Waals surface area contributed by atoms with E-state index in [0.29, 0.717) is 34.5 Å². The molecule has 0 saturated carbocycles. The second-order valence-electron chi connectivity index (χ2n) is 7.38. The number of aryl methyl sites for hydroxylation is 1. The van der Waals surface area contributed by atoms with Crippen LogP contribution >= 0.6 is 0 Å². The van der Waals surface area contributed by atoms with Crippen molar-refractivity contribution in [2.75, 3.05) is 0 Å². The number of hydrogen-bond donors (Lipinski definition) is 2. The van der Waals surface area contributed by atoms with E-state index < -0.39 is 11.9 Å². The van der Waals surface area contributed by atoms with E-state index >= 15 is 0 Å². The molecule has 2 heterocycles. The number of nitrogens with one attached hydrogen (secondary N) is 2. The van der Waals surface area contributed by atoms with Crippen molar-refractivity contribution >= 4 is 18.0 Å². The van der Waals surface area contributed by atoms with Crippen LogP contribution < -0.4 is 10.9 Å². The molecule has 0 bridgehead atoms. The standard InChI is InChI=1S/C24H21N5O3/c1-2-8-20-19(22(30)29(27-20)18-11-4-3-5-12-18)13-21-23(31)28(24(32)26-21)15-17-10-7-6-9-16(17)14-25/h3-7,9-13,27H,2,8,15H2,1H3,(H,26,32)/b21-13-. The van der Waals surface area contributed by atoms with Gasteiger partial charge in [-0.05, 0) is 36.3 Å². The summed E-state index contributed by atoms with van der Waals surface area (Å²) in [5, 5.41) is 15.0. The summed E-state index contributed by atoms with van der Waals surface area (Å²) < 4.78 is 1.43. The number of imide groups is 1. The molecule has 1 saturated heterocycles. The Bertz CT molecular complexity index is 1310. The number of para-hydroxylation sites is 1. The van der Waals surface area contributed by atoms with Gasteiger partial charge in [0, 0.05) is 5.69 Å². The van der Waals surface area contributed by atoms with E-state index in [1.807, 2.05) is 25.1 Å². The van der Waals surface area contributed by atoms with Crippen molar-refractivity contribution in [1.82, 2.24) is 20.0 Å². The van der Waals surface area contributed by atoms with Gasteiger partial charge in [0.05, 0.1) is 29.4 Å². The number of nitrogens with zero attached hydrogens (tertiary/aromatic N) is 3. The maximum absolute atomic E-state index is 13.1. The van der Waals surface area contributed by atoms with Gasteiger partial charge in [-0.25, -0.2) is 9.48 Å². The highest BCUT2D eigenvalue weighted by atomic mass is 16.2. The average Bonchev–Trinajstić information content (AvgIpc) is 3.26. The van der Waals surface area contributed by atoms with Crippen LogP contribution in [0, 0.1) is 11.3 Å². The first kappa shape index (κ1) is 20.9. The Balaban J connectivity index is 1.69. The van der Waals surface area contributed by atoms with Gasteiger partial charge in [0.2, 0.25) is 0 Å². The molecular weight excluding hydrogens is 406 g/mol. The number of carbonyl (C=O) groups is 2. The van der Waals surface area contributed by atoms with E-state index in [1.165, 1.54) is 10.8 Å². The molecule has 0 atom stereocenters. The number of carbonyl (C=O) groups excluding carboxylic acids is 2. The monoisotopic (exact) mass is 427 g/mol. The first-order valence-electron chi connectivity index (χ1n) is 10.2. The fraction of sp³-hybridized carbons (Fsp3) is 0.167. The van der Waals surface area contributed by atoms with Crippen molar-refractivity contribution in [3.8, 4) is 11.8 Å². The van der Waals surface area contributed by atoms with Crippen LogP contribution in [-0.4, -0.2) is 26.6 Å². The normalized spacial score (nSPS) is 14.6. The first-order valence-corrected chi connectivity index (χ1v) is 10.2. The summed E-state index contributed by atoms with van der Waals surface area (Å²) >= 11 is 0. The SMILES string of the molecule is CCCc1[nH]n(-c2ccccc2)c(=O)c1/C=C1\NC(=O)N(Cc2ccccc2C#N)C1=O. The Kier molecular flexibility index (Phi) is 5.73. The van der Waals surface area contributed by atoms with Crippen LogP contribution in [0.4, 0.5) is 4.79 Å². The lowest BCUT2D eigenvalue weighted by Crippen LogP contribution is -2.30. The van der Waals surface area contributed by atoms with Gasteiger partial charge in [-0.2, -0.15) is 5.26 Å². The van der Waals surface area contributed by atoms with Gasteiger partial charge in [0.25, 0.3) is 11.5 Å². The summed E-state index contributed by atoms with van der Waals surface area (Å²) in [6.45, 7) is 1.96. The number of urea groups is 1. The summed E-state index contributed by atoms with van der Waals surface area (Å²) in [5.41, 5.74) is 2.38. The van der Waals surface area contributed by atoms with Crippen LogP contribution in [-0.2, 0) is 17.8 Å². The number of benzene rings is 2. The Morgan fingerprint density at radius 1 is 1.03 bits per heavy atom. The number of amides is 3. The summed E-state index contributed by atoms with van der Waals surface area (Å²) in [6, 6.07) is 17.4. The third kappa shape index (κ3) is 3.84. The second-order valence-corrected chi connectivity index (χ2v) is 7.38. The van der Waals surface area contributed by atoms with Crippen molar-refractivity contribution < 1.29 is 9.59 Å². The highest BCUT2D eigenvalue weighted by molar-refractivity contribution is 6.13. The number of H-pyrrole nitrogens is 1. The molecule has 0 spiro atoms. The molecule has 8 nitrogen and oxygen atoms in total. The zero-order valence-corrected chi connectivity index (χ0v) is 17.5. The van der Waals surface area contributed by atoms with Crippen LogP contribution in [0.25, 0.3) is 11.8 Å². The van der Waals surface area contributed by atoms with Crippen molar-refractivity contribution in [2.45, 2.75) is 26.3 Å². The van der Waals surface area contributed by atoms with Crippen LogP contribution in [0.3, 0.4) is 0 Å². The third-order valence-corrected chi connectivity index (χ3v) is 5.24. The molecule has 0 radical (unpaired) electrons. The molecule has 1 fully saturated rings. The van der Waals surface area contributed by atoms with Gasteiger partial charge in [-0.3, -0.25) is 19.6 Å². The quantitative estimate of drug-likeness (QED) is 0.465. The molecule has 0 unspecified atom stereocenters. The average molecular weight is 427 g/mol. The summed E-state index contributed by atoms with van der Waals surface area (Å²) in [6.07, 6.45) is 2.83. The fourth-order valence-electron chi connectivity index (χ4n) is 3.64. The molecule has 3 amide bonds. The van der Waals surface area contributed by atoms with Crippen molar-refractivity contribution in [3.63, 3.8) is 0 Å². The second kappa shape index (κ2) is 8.78. The molecule has 3 aromatic rings. The Hall–Kier alpha value is -4.38. The van der Waals surface area contributed by atoms with E-state index in [9.17, 15) is 19.6 Å². The van der Waals surface area contributed by atoms with Gasteiger partial charge < -0.3 is 5.32 Å². The van der Waals surface area contributed by atoms with Crippen LogP contribution in [0.15, 0.2) is 65.1 Å². The minimum atomic E-state index is -0.593. The largest absolute Gasteiger partial charge is 0.329 e. The predicted molar refractivity (Wildman–Crippen MR) is 119 cm³/mol. The molecule has 2 N–H and O–H groups in total. The lowest BCUT2D eigenvalue weighted by atomic mass is 10.1. The zero-order chi connectivity index (χ0) is 22.7. The van der Waals surface area contributed by atoms with Gasteiger partial charge in [0.1, 0.15) is 5.70 Å². The molecule has 4 rings (SSSR count). The van der Waals surface area contributed by atoms with Crippen molar-refractivity contribution in [1.29, 1.82) is 5.26 Å². The molecule has 1 aliphatic heterocycles. The van der Waals surface area contributed by atoms with Crippen molar-refractivity contribution in [2.24, 2.45) is 0 Å². The smallest absolute Gasteiger partial charge is 0.303 e. The Morgan fingerprint density at radius 3 is 2.47 bits per heavy atom. The van der Waals surface area contributed by atoms with E-state index in [-0.39, 0.29) is 17.8 Å². The zero-order valence-electron chi connectivity index (χ0n) is 17.5. The molecule has 1 aromatic heterocycles. The van der Waals surface area contributed by atoms with Gasteiger partial charge in [-0.1, -0.05) is 49.7 Å². The summed E-state index contributed by atoms with van der Waals surface area (Å²) in [5.74, 6) is -0.544. The summed E-state index contributed by atoms with van der Waals surface area (Å²) in [7, 11) is 0. The van der Waals surface area contributed by atoms with Crippen LogP contribution in [0.1, 0.15) is 35.7 Å². The molecule has 32 heavy (non-hydrogen) atoms. The van der Waals surface area contributed by atoms with E-state index in [4.69, 9.17) is 0 Å². The Morgan fingerprint density at radius 2 is 1.75 bits per heavy atom. The highest BCUT2D eigenvalue weighted by Crippen LogP contribution is 2.19. The van der Waals surface area contributed by atoms with Gasteiger partial charge >= 0.3 is 6.03 Å². The molecule has 8 heteroatoms. The number of aromatic nitrogens is 2. The lowest BCUT2D eigenvalue weighted by Gasteiger charge is -2.12. The third-order valence-electron chi connectivity index (χ3n) is 5.24. The molecule has 160 valence electrons. The first-order chi connectivity index (χ1) is 15.5.